The second-order valence-corrected chi connectivity index (χ2v) is 4.03. The number of aliphatic hydroxyl groups excluding tert-OH is 1. The van der Waals surface area contributed by atoms with Crippen LogP contribution < -0.4 is 14.8 Å². The highest BCUT2D eigenvalue weighted by Gasteiger charge is 2.23. The van der Waals surface area contributed by atoms with Crippen molar-refractivity contribution in [3.05, 3.63) is 22.2 Å². The highest BCUT2D eigenvalue weighted by molar-refractivity contribution is 6.32. The molecule has 100 valence electrons. The van der Waals surface area contributed by atoms with Gasteiger partial charge < -0.3 is 19.9 Å². The van der Waals surface area contributed by atoms with Crippen molar-refractivity contribution in [2.24, 2.45) is 0 Å². The Bertz CT molecular complexity index is 437. The largest absolute Gasteiger partial charge is 0.492 e. The number of aldehydes is 1. The van der Waals surface area contributed by atoms with E-state index < -0.39 is 6.10 Å². The van der Waals surface area contributed by atoms with Crippen molar-refractivity contribution in [1.29, 1.82) is 0 Å². The number of hydrogen-bond donors (Lipinski definition) is 2. The number of rotatable bonds is 6. The molecule has 0 saturated carbocycles. The first-order chi connectivity index (χ1) is 8.60. The van der Waals surface area contributed by atoms with Crippen molar-refractivity contribution in [3.8, 4) is 11.5 Å². The zero-order valence-electron chi connectivity index (χ0n) is 10.5. The summed E-state index contributed by atoms with van der Waals surface area (Å²) in [5.41, 5.74) is 0.677. The number of benzene rings is 1. The number of ether oxygens (including phenoxy) is 2. The van der Waals surface area contributed by atoms with Crippen LogP contribution in [0.3, 0.4) is 0 Å². The van der Waals surface area contributed by atoms with Gasteiger partial charge in [0.15, 0.2) is 17.8 Å². The van der Waals surface area contributed by atoms with Crippen molar-refractivity contribution in [1.82, 2.24) is 5.32 Å². The summed E-state index contributed by atoms with van der Waals surface area (Å²) in [6.45, 7) is 0.305. The summed E-state index contributed by atoms with van der Waals surface area (Å²) in [5.74, 6) is 0.539. The molecule has 1 unspecified atom stereocenters. The van der Waals surface area contributed by atoms with Crippen molar-refractivity contribution in [2.45, 2.75) is 6.10 Å². The van der Waals surface area contributed by atoms with E-state index in [1.165, 1.54) is 20.3 Å². The zero-order valence-corrected chi connectivity index (χ0v) is 11.2. The summed E-state index contributed by atoms with van der Waals surface area (Å²) < 4.78 is 10.3. The minimum absolute atomic E-state index is 0.262. The molecule has 0 spiro atoms. The maximum absolute atomic E-state index is 10.9. The van der Waals surface area contributed by atoms with Gasteiger partial charge in [-0.3, -0.25) is 4.79 Å². The number of halogens is 1. The quantitative estimate of drug-likeness (QED) is 0.768. The molecule has 0 aliphatic rings. The van der Waals surface area contributed by atoms with E-state index in [1.807, 2.05) is 0 Å². The van der Waals surface area contributed by atoms with E-state index >= 15 is 0 Å². The smallest absolute Gasteiger partial charge is 0.171 e. The summed E-state index contributed by atoms with van der Waals surface area (Å²) in [4.78, 5) is 10.9. The highest BCUT2D eigenvalue weighted by atomic mass is 35.5. The zero-order chi connectivity index (χ0) is 13.7. The molecule has 0 radical (unpaired) electrons. The fourth-order valence-electron chi connectivity index (χ4n) is 1.75. The van der Waals surface area contributed by atoms with Gasteiger partial charge in [0, 0.05) is 12.1 Å². The molecule has 1 aromatic carbocycles. The number of aliphatic hydroxyl groups is 1. The molecular weight excluding hydrogens is 258 g/mol. The lowest BCUT2D eigenvalue weighted by Crippen LogP contribution is -2.18. The van der Waals surface area contributed by atoms with Crippen LogP contribution in [0, 0.1) is 0 Å². The molecular formula is C12H16ClNO4. The van der Waals surface area contributed by atoms with Gasteiger partial charge in [0.1, 0.15) is 0 Å². The average Bonchev–Trinajstić information content (AvgIpc) is 2.37. The second kappa shape index (κ2) is 6.58. The first-order valence-electron chi connectivity index (χ1n) is 5.32. The predicted octanol–water partition coefficient (Wildman–Crippen LogP) is 1.42. The third-order valence-electron chi connectivity index (χ3n) is 2.52. The Balaban J connectivity index is 3.45. The molecule has 6 heteroatoms. The first-order valence-corrected chi connectivity index (χ1v) is 5.70. The predicted molar refractivity (Wildman–Crippen MR) is 68.8 cm³/mol. The van der Waals surface area contributed by atoms with Gasteiger partial charge in [-0.05, 0) is 13.1 Å². The monoisotopic (exact) mass is 273 g/mol. The third kappa shape index (κ3) is 2.75. The number of methoxy groups -OCH3 is 2. The summed E-state index contributed by atoms with van der Waals surface area (Å²) in [6.07, 6.45) is -0.228. The molecule has 0 aliphatic heterocycles. The van der Waals surface area contributed by atoms with Gasteiger partial charge in [0.25, 0.3) is 0 Å². The van der Waals surface area contributed by atoms with Gasteiger partial charge in [-0.25, -0.2) is 0 Å². The van der Waals surface area contributed by atoms with Gasteiger partial charge in [-0.1, -0.05) is 11.6 Å². The summed E-state index contributed by atoms with van der Waals surface area (Å²) in [7, 11) is 4.56. The molecule has 1 atom stereocenters. The van der Waals surface area contributed by atoms with Crippen molar-refractivity contribution in [2.75, 3.05) is 27.8 Å². The normalized spacial score (nSPS) is 12.1. The maximum atomic E-state index is 10.9. The molecule has 0 saturated heterocycles. The number of carbonyl (C=O) groups excluding carboxylic acids is 1. The van der Waals surface area contributed by atoms with Crippen LogP contribution in [0.1, 0.15) is 22.0 Å². The Labute approximate surface area is 111 Å². The summed E-state index contributed by atoms with van der Waals surface area (Å²) in [6, 6.07) is 1.45. The molecule has 0 amide bonds. The standard InChI is InChI=1S/C12H16ClNO4/c1-14-5-9(16)10-8(13)4-7(6-15)11(17-2)12(10)18-3/h4,6,9,14,16H,5H2,1-3H3. The van der Waals surface area contributed by atoms with E-state index in [0.29, 0.717) is 18.4 Å². The summed E-state index contributed by atoms with van der Waals surface area (Å²) >= 11 is 6.07. The number of likely N-dealkylation sites (N-methyl/N-ethyl adjacent to an activating group) is 1. The van der Waals surface area contributed by atoms with Crippen LogP contribution in [0.4, 0.5) is 0 Å². The Morgan fingerprint density at radius 3 is 2.50 bits per heavy atom. The van der Waals surface area contributed by atoms with E-state index in [2.05, 4.69) is 5.32 Å². The van der Waals surface area contributed by atoms with Crippen LogP contribution >= 0.6 is 11.6 Å². The van der Waals surface area contributed by atoms with Crippen molar-refractivity contribution >= 4 is 17.9 Å². The van der Waals surface area contributed by atoms with E-state index in [9.17, 15) is 9.90 Å². The van der Waals surface area contributed by atoms with E-state index in [1.54, 1.807) is 7.05 Å². The fraction of sp³-hybridized carbons (Fsp3) is 0.417. The van der Waals surface area contributed by atoms with Crippen LogP contribution in [0.5, 0.6) is 11.5 Å². The van der Waals surface area contributed by atoms with Gasteiger partial charge in [0.2, 0.25) is 0 Å². The van der Waals surface area contributed by atoms with Crippen LogP contribution in [0.15, 0.2) is 6.07 Å². The maximum Gasteiger partial charge on any atom is 0.171 e. The molecule has 0 aromatic heterocycles. The fourth-order valence-corrected chi connectivity index (χ4v) is 2.08. The molecule has 5 nitrogen and oxygen atoms in total. The Kier molecular flexibility index (Phi) is 5.40. The minimum atomic E-state index is -0.855. The van der Waals surface area contributed by atoms with E-state index in [0.717, 1.165) is 0 Å². The number of hydrogen-bond acceptors (Lipinski definition) is 5. The van der Waals surface area contributed by atoms with Crippen LogP contribution in [-0.2, 0) is 0 Å². The molecule has 0 fully saturated rings. The average molecular weight is 274 g/mol. The third-order valence-corrected chi connectivity index (χ3v) is 2.83. The molecule has 2 N–H and O–H groups in total. The lowest BCUT2D eigenvalue weighted by atomic mass is 10.0. The van der Waals surface area contributed by atoms with Crippen LogP contribution in [0.25, 0.3) is 0 Å². The topological polar surface area (TPSA) is 67.8 Å². The van der Waals surface area contributed by atoms with E-state index in [-0.39, 0.29) is 22.1 Å². The van der Waals surface area contributed by atoms with Crippen molar-refractivity contribution in [3.63, 3.8) is 0 Å². The van der Waals surface area contributed by atoms with E-state index in [4.69, 9.17) is 21.1 Å². The molecule has 0 bridgehead atoms. The number of nitrogens with one attached hydrogen (secondary N) is 1. The van der Waals surface area contributed by atoms with Crippen LogP contribution in [0.2, 0.25) is 5.02 Å². The second-order valence-electron chi connectivity index (χ2n) is 3.62. The van der Waals surface area contributed by atoms with Gasteiger partial charge in [0.05, 0.1) is 30.9 Å². The van der Waals surface area contributed by atoms with Gasteiger partial charge >= 0.3 is 0 Å². The lowest BCUT2D eigenvalue weighted by molar-refractivity contribution is 0.111. The lowest BCUT2D eigenvalue weighted by Gasteiger charge is -2.19. The number of carbonyl (C=O) groups is 1. The SMILES string of the molecule is CNCC(O)c1c(Cl)cc(C=O)c(OC)c1OC. The minimum Gasteiger partial charge on any atom is -0.492 e. The van der Waals surface area contributed by atoms with Gasteiger partial charge in [-0.15, -0.1) is 0 Å². The Hall–Kier alpha value is -1.30. The molecule has 1 aromatic rings. The highest BCUT2D eigenvalue weighted by Crippen LogP contribution is 2.41. The Morgan fingerprint density at radius 2 is 2.06 bits per heavy atom. The Morgan fingerprint density at radius 1 is 1.44 bits per heavy atom. The summed E-state index contributed by atoms with van der Waals surface area (Å²) in [5, 5.41) is 13.1. The molecule has 18 heavy (non-hydrogen) atoms. The molecule has 0 aliphatic carbocycles. The van der Waals surface area contributed by atoms with Crippen molar-refractivity contribution < 1.29 is 19.4 Å². The first kappa shape index (κ1) is 14.8. The van der Waals surface area contributed by atoms with Gasteiger partial charge in [-0.2, -0.15) is 0 Å². The molecule has 1 rings (SSSR count). The van der Waals surface area contributed by atoms with Crippen LogP contribution in [-0.4, -0.2) is 39.2 Å². The molecule has 0 heterocycles.